The third-order valence-electron chi connectivity index (χ3n) is 3.63. The van der Waals surface area contributed by atoms with Crippen LogP contribution in [-0.4, -0.2) is 52.7 Å². The molecule has 116 valence electrons. The molecular weight excluding hydrogens is 266 g/mol. The number of aromatic nitrogens is 1. The Morgan fingerprint density at radius 1 is 1.43 bits per heavy atom. The van der Waals surface area contributed by atoms with Crippen LogP contribution in [-0.2, 0) is 11.3 Å². The van der Waals surface area contributed by atoms with Gasteiger partial charge in [-0.3, -0.25) is 9.88 Å². The van der Waals surface area contributed by atoms with Crippen molar-refractivity contribution < 1.29 is 9.53 Å². The lowest BCUT2D eigenvalue weighted by Crippen LogP contribution is -2.42. The molecule has 1 atom stereocenters. The van der Waals surface area contributed by atoms with Gasteiger partial charge in [-0.25, -0.2) is 4.79 Å². The van der Waals surface area contributed by atoms with Gasteiger partial charge in [0, 0.05) is 45.1 Å². The number of hydrogen-bond acceptors (Lipinski definition) is 4. The van der Waals surface area contributed by atoms with Crippen LogP contribution in [0.4, 0.5) is 4.79 Å². The molecule has 5 nitrogen and oxygen atoms in total. The summed E-state index contributed by atoms with van der Waals surface area (Å²) < 4.78 is 5.43. The van der Waals surface area contributed by atoms with Crippen LogP contribution in [0.15, 0.2) is 24.5 Å². The summed E-state index contributed by atoms with van der Waals surface area (Å²) in [4.78, 5) is 20.2. The van der Waals surface area contributed by atoms with Gasteiger partial charge in [-0.1, -0.05) is 0 Å². The SMILES string of the molecule is CN(C(=O)OC(C)(C)C)C1CCN(Cc2ccncc2)C1. The molecule has 0 bridgehead atoms. The molecule has 0 aromatic carbocycles. The molecule has 1 aliphatic rings. The normalized spacial score (nSPS) is 19.5. The highest BCUT2D eigenvalue weighted by Gasteiger charge is 2.30. The summed E-state index contributed by atoms with van der Waals surface area (Å²) in [5.41, 5.74) is 0.811. The molecule has 2 heterocycles. The number of nitrogens with zero attached hydrogens (tertiary/aromatic N) is 3. The lowest BCUT2D eigenvalue weighted by molar-refractivity contribution is 0.0228. The largest absolute Gasteiger partial charge is 0.444 e. The molecule has 1 amide bonds. The summed E-state index contributed by atoms with van der Waals surface area (Å²) >= 11 is 0. The van der Waals surface area contributed by atoms with Crippen molar-refractivity contribution in [2.75, 3.05) is 20.1 Å². The van der Waals surface area contributed by atoms with Gasteiger partial charge in [-0.2, -0.15) is 0 Å². The number of pyridine rings is 1. The third-order valence-corrected chi connectivity index (χ3v) is 3.63. The van der Waals surface area contributed by atoms with Crippen molar-refractivity contribution in [1.82, 2.24) is 14.8 Å². The fourth-order valence-electron chi connectivity index (χ4n) is 2.50. The smallest absolute Gasteiger partial charge is 0.410 e. The minimum absolute atomic E-state index is 0.224. The Bertz CT molecular complexity index is 470. The van der Waals surface area contributed by atoms with Crippen molar-refractivity contribution in [3.63, 3.8) is 0 Å². The van der Waals surface area contributed by atoms with E-state index in [0.29, 0.717) is 0 Å². The first kappa shape index (κ1) is 15.8. The molecule has 0 aliphatic carbocycles. The van der Waals surface area contributed by atoms with E-state index >= 15 is 0 Å². The second kappa shape index (κ2) is 6.43. The summed E-state index contributed by atoms with van der Waals surface area (Å²) in [7, 11) is 1.83. The molecule has 2 rings (SSSR count). The van der Waals surface area contributed by atoms with Crippen LogP contribution in [0.1, 0.15) is 32.8 Å². The minimum Gasteiger partial charge on any atom is -0.444 e. The van der Waals surface area contributed by atoms with Gasteiger partial charge in [0.25, 0.3) is 0 Å². The van der Waals surface area contributed by atoms with Crippen LogP contribution in [0.25, 0.3) is 0 Å². The molecule has 1 unspecified atom stereocenters. The number of likely N-dealkylation sites (tertiary alicyclic amines) is 1. The molecule has 0 spiro atoms. The zero-order valence-corrected chi connectivity index (χ0v) is 13.4. The molecule has 5 heteroatoms. The maximum atomic E-state index is 12.1. The monoisotopic (exact) mass is 291 g/mol. The molecule has 0 saturated carbocycles. The zero-order chi connectivity index (χ0) is 15.5. The van der Waals surface area contributed by atoms with Crippen LogP contribution in [0.3, 0.4) is 0 Å². The molecule has 1 fully saturated rings. The van der Waals surface area contributed by atoms with E-state index in [-0.39, 0.29) is 12.1 Å². The minimum atomic E-state index is -0.444. The average molecular weight is 291 g/mol. The molecule has 1 aliphatic heterocycles. The van der Waals surface area contributed by atoms with Crippen molar-refractivity contribution in [2.24, 2.45) is 0 Å². The first-order chi connectivity index (χ1) is 9.85. The molecule has 1 aromatic heterocycles. The maximum Gasteiger partial charge on any atom is 0.410 e. The second-order valence-corrected chi connectivity index (χ2v) is 6.62. The van der Waals surface area contributed by atoms with E-state index in [2.05, 4.69) is 9.88 Å². The number of carbonyl (C=O) groups is 1. The lowest BCUT2D eigenvalue weighted by Gasteiger charge is -2.28. The first-order valence-electron chi connectivity index (χ1n) is 7.42. The molecule has 21 heavy (non-hydrogen) atoms. The van der Waals surface area contributed by atoms with Gasteiger partial charge in [-0.05, 0) is 44.9 Å². The van der Waals surface area contributed by atoms with Crippen LogP contribution < -0.4 is 0 Å². The quantitative estimate of drug-likeness (QED) is 0.858. The Morgan fingerprint density at radius 2 is 2.10 bits per heavy atom. The van der Waals surface area contributed by atoms with E-state index in [4.69, 9.17) is 4.74 Å². The predicted octanol–water partition coefficient (Wildman–Crippen LogP) is 2.52. The summed E-state index contributed by atoms with van der Waals surface area (Å²) in [6.07, 6.45) is 4.38. The van der Waals surface area contributed by atoms with Crippen LogP contribution in [0.2, 0.25) is 0 Å². The van der Waals surface area contributed by atoms with Gasteiger partial charge >= 0.3 is 6.09 Å². The Hall–Kier alpha value is -1.62. The first-order valence-corrected chi connectivity index (χ1v) is 7.42. The lowest BCUT2D eigenvalue weighted by atomic mass is 10.2. The zero-order valence-electron chi connectivity index (χ0n) is 13.4. The van der Waals surface area contributed by atoms with Crippen molar-refractivity contribution in [3.05, 3.63) is 30.1 Å². The van der Waals surface area contributed by atoms with Gasteiger partial charge in [0.05, 0.1) is 0 Å². The van der Waals surface area contributed by atoms with Gasteiger partial charge < -0.3 is 9.64 Å². The van der Waals surface area contributed by atoms with Crippen LogP contribution in [0.5, 0.6) is 0 Å². The van der Waals surface area contributed by atoms with E-state index in [1.165, 1.54) is 5.56 Å². The van der Waals surface area contributed by atoms with Crippen molar-refractivity contribution in [3.8, 4) is 0 Å². The van der Waals surface area contributed by atoms with Gasteiger partial charge in [0.15, 0.2) is 0 Å². The van der Waals surface area contributed by atoms with E-state index < -0.39 is 5.60 Å². The van der Waals surface area contributed by atoms with Crippen molar-refractivity contribution in [2.45, 2.75) is 45.4 Å². The summed E-state index contributed by atoms with van der Waals surface area (Å²) in [5.74, 6) is 0. The van der Waals surface area contributed by atoms with Crippen molar-refractivity contribution >= 4 is 6.09 Å². The Morgan fingerprint density at radius 3 is 2.71 bits per heavy atom. The Labute approximate surface area is 126 Å². The molecule has 0 N–H and O–H groups in total. The molecule has 1 saturated heterocycles. The standard InChI is InChI=1S/C16H25N3O2/c1-16(2,3)21-15(20)18(4)14-7-10-19(12-14)11-13-5-8-17-9-6-13/h5-6,8-9,14H,7,10-12H2,1-4H3. The fourth-order valence-corrected chi connectivity index (χ4v) is 2.50. The van der Waals surface area contributed by atoms with E-state index in [1.54, 1.807) is 4.90 Å². The number of ether oxygens (including phenoxy) is 1. The summed E-state index contributed by atoms with van der Waals surface area (Å²) in [6.45, 7) is 8.47. The van der Waals surface area contributed by atoms with Crippen molar-refractivity contribution in [1.29, 1.82) is 0 Å². The number of hydrogen-bond donors (Lipinski definition) is 0. The predicted molar refractivity (Wildman–Crippen MR) is 81.9 cm³/mol. The summed E-state index contributed by atoms with van der Waals surface area (Å²) in [6, 6.07) is 4.29. The van der Waals surface area contributed by atoms with Crippen LogP contribution in [0, 0.1) is 0 Å². The second-order valence-electron chi connectivity index (χ2n) is 6.62. The van der Waals surface area contributed by atoms with Gasteiger partial charge in [0.1, 0.15) is 5.60 Å². The molecular formula is C16H25N3O2. The Balaban J connectivity index is 1.85. The third kappa shape index (κ3) is 4.70. The van der Waals surface area contributed by atoms with E-state index in [1.807, 2.05) is 52.3 Å². The number of likely N-dealkylation sites (N-methyl/N-ethyl adjacent to an activating group) is 1. The number of rotatable bonds is 3. The summed E-state index contributed by atoms with van der Waals surface area (Å²) in [5, 5.41) is 0. The highest BCUT2D eigenvalue weighted by Crippen LogP contribution is 2.19. The fraction of sp³-hybridized carbons (Fsp3) is 0.625. The van der Waals surface area contributed by atoms with Gasteiger partial charge in [-0.15, -0.1) is 0 Å². The molecule has 1 aromatic rings. The topological polar surface area (TPSA) is 45.7 Å². The highest BCUT2D eigenvalue weighted by molar-refractivity contribution is 5.68. The van der Waals surface area contributed by atoms with Gasteiger partial charge in [0.2, 0.25) is 0 Å². The number of amides is 1. The maximum absolute atomic E-state index is 12.1. The Kier molecular flexibility index (Phi) is 4.83. The average Bonchev–Trinajstić information content (AvgIpc) is 2.85. The highest BCUT2D eigenvalue weighted by atomic mass is 16.6. The van der Waals surface area contributed by atoms with E-state index in [0.717, 1.165) is 26.1 Å². The van der Waals surface area contributed by atoms with E-state index in [9.17, 15) is 4.79 Å². The van der Waals surface area contributed by atoms with Crippen LogP contribution >= 0.6 is 0 Å². The number of carbonyl (C=O) groups excluding carboxylic acids is 1. The molecule has 0 radical (unpaired) electrons.